The van der Waals surface area contributed by atoms with Gasteiger partial charge in [0.2, 0.25) is 5.91 Å². The van der Waals surface area contributed by atoms with Gasteiger partial charge in [-0.25, -0.2) is 9.97 Å². The quantitative estimate of drug-likeness (QED) is 0.629. The average Bonchev–Trinajstić information content (AvgIpc) is 3.36. The fraction of sp³-hybridized carbons (Fsp3) is 0.615. The number of ether oxygens (including phenoxy) is 1. The zero-order valence-corrected chi connectivity index (χ0v) is 19.4. The summed E-state index contributed by atoms with van der Waals surface area (Å²) in [6, 6.07) is 5.99. The van der Waals surface area contributed by atoms with Crippen LogP contribution in [0.15, 0.2) is 30.6 Å². The van der Waals surface area contributed by atoms with Gasteiger partial charge in [-0.1, -0.05) is 19.9 Å². The maximum atomic E-state index is 12.2. The Hall–Kier alpha value is -2.34. The van der Waals surface area contributed by atoms with Gasteiger partial charge in [-0.3, -0.25) is 9.78 Å². The Morgan fingerprint density at radius 2 is 2.00 bits per heavy atom. The third-order valence-electron chi connectivity index (χ3n) is 6.83. The molecule has 0 radical (unpaired) electrons. The van der Waals surface area contributed by atoms with E-state index in [2.05, 4.69) is 29.1 Å². The van der Waals surface area contributed by atoms with Crippen molar-refractivity contribution in [2.75, 3.05) is 13.2 Å². The second-order valence-corrected chi connectivity index (χ2v) is 9.59. The highest BCUT2D eigenvalue weighted by Gasteiger charge is 2.27. The molecule has 0 aromatic carbocycles. The molecule has 32 heavy (non-hydrogen) atoms. The van der Waals surface area contributed by atoms with E-state index in [1.165, 1.54) is 0 Å². The van der Waals surface area contributed by atoms with E-state index in [1.54, 1.807) is 0 Å². The van der Waals surface area contributed by atoms with Crippen molar-refractivity contribution in [3.63, 3.8) is 0 Å². The van der Waals surface area contributed by atoms with Crippen molar-refractivity contribution in [1.29, 1.82) is 0 Å². The first-order valence-corrected chi connectivity index (χ1v) is 12.3. The van der Waals surface area contributed by atoms with Gasteiger partial charge >= 0.3 is 0 Å². The van der Waals surface area contributed by atoms with Crippen molar-refractivity contribution in [3.8, 4) is 11.3 Å². The van der Waals surface area contributed by atoms with Crippen molar-refractivity contribution in [2.45, 2.75) is 83.2 Å². The summed E-state index contributed by atoms with van der Waals surface area (Å²) in [5.74, 6) is 2.33. The highest BCUT2D eigenvalue weighted by atomic mass is 16.5. The summed E-state index contributed by atoms with van der Waals surface area (Å²) >= 11 is 0. The van der Waals surface area contributed by atoms with Gasteiger partial charge in [0.15, 0.2) is 0 Å². The van der Waals surface area contributed by atoms with Gasteiger partial charge in [0, 0.05) is 49.4 Å². The standard InChI is InChI=1S/C26H36N4O2/c1-18(2)26-29-17-22(23-7-3-4-14-27-23)25(30-26)20-10-8-19(9-11-20)16-28-24(31)13-12-21-6-5-15-32-21/h3-4,7,14,17-21H,5-6,8-13,15-16H2,1-2H3,(H,28,31). The van der Waals surface area contributed by atoms with Gasteiger partial charge in [-0.15, -0.1) is 0 Å². The lowest BCUT2D eigenvalue weighted by Gasteiger charge is -2.29. The second-order valence-electron chi connectivity index (χ2n) is 9.59. The zero-order chi connectivity index (χ0) is 22.3. The summed E-state index contributed by atoms with van der Waals surface area (Å²) in [6.45, 7) is 5.91. The molecule has 3 heterocycles. The molecule has 1 amide bonds. The SMILES string of the molecule is CC(C)c1ncc(-c2ccccn2)c(C2CCC(CNC(=O)CCC3CCCO3)CC2)n1. The Labute approximate surface area is 191 Å². The molecule has 1 saturated carbocycles. The number of carbonyl (C=O) groups is 1. The summed E-state index contributed by atoms with van der Waals surface area (Å²) < 4.78 is 5.62. The number of hydrogen-bond acceptors (Lipinski definition) is 5. The number of hydrogen-bond donors (Lipinski definition) is 1. The van der Waals surface area contributed by atoms with E-state index in [9.17, 15) is 4.79 Å². The van der Waals surface area contributed by atoms with Crippen LogP contribution in [0.2, 0.25) is 0 Å². The molecule has 0 bridgehead atoms. The molecule has 2 fully saturated rings. The van der Waals surface area contributed by atoms with E-state index in [0.717, 1.165) is 80.9 Å². The third kappa shape index (κ3) is 5.91. The number of amides is 1. The van der Waals surface area contributed by atoms with Gasteiger partial charge in [-0.05, 0) is 63.0 Å². The number of nitrogens with one attached hydrogen (secondary N) is 1. The van der Waals surface area contributed by atoms with E-state index >= 15 is 0 Å². The Balaban J connectivity index is 1.33. The molecule has 1 saturated heterocycles. The fourth-order valence-electron chi connectivity index (χ4n) is 4.87. The van der Waals surface area contributed by atoms with Gasteiger partial charge in [0.25, 0.3) is 0 Å². The first kappa shape index (κ1) is 22.8. The van der Waals surface area contributed by atoms with E-state index in [4.69, 9.17) is 9.72 Å². The normalized spacial score (nSPS) is 23.4. The highest BCUT2D eigenvalue weighted by Crippen LogP contribution is 2.38. The lowest BCUT2D eigenvalue weighted by atomic mass is 9.79. The van der Waals surface area contributed by atoms with Crippen LogP contribution in [0.1, 0.15) is 88.6 Å². The molecule has 2 aromatic rings. The lowest BCUT2D eigenvalue weighted by molar-refractivity contribution is -0.121. The van der Waals surface area contributed by atoms with Crippen molar-refractivity contribution >= 4 is 5.91 Å². The fourth-order valence-corrected chi connectivity index (χ4v) is 4.87. The van der Waals surface area contributed by atoms with Crippen LogP contribution in [-0.4, -0.2) is 40.1 Å². The second kappa shape index (κ2) is 11.0. The smallest absolute Gasteiger partial charge is 0.220 e. The summed E-state index contributed by atoms with van der Waals surface area (Å²) in [5, 5.41) is 3.16. The number of rotatable bonds is 8. The van der Waals surface area contributed by atoms with Gasteiger partial charge in [0.05, 0.1) is 17.5 Å². The minimum Gasteiger partial charge on any atom is -0.378 e. The van der Waals surface area contributed by atoms with E-state index < -0.39 is 0 Å². The van der Waals surface area contributed by atoms with Crippen LogP contribution in [0.5, 0.6) is 0 Å². The van der Waals surface area contributed by atoms with E-state index in [1.807, 2.05) is 30.6 Å². The largest absolute Gasteiger partial charge is 0.378 e. The Kier molecular flexibility index (Phi) is 7.85. The number of carbonyl (C=O) groups excluding carboxylic acids is 1. The summed E-state index contributed by atoms with van der Waals surface area (Å²) in [4.78, 5) is 26.4. The maximum Gasteiger partial charge on any atom is 0.220 e. The molecule has 1 unspecified atom stereocenters. The summed E-state index contributed by atoms with van der Waals surface area (Å²) in [7, 11) is 0. The van der Waals surface area contributed by atoms with Crippen LogP contribution in [-0.2, 0) is 9.53 Å². The van der Waals surface area contributed by atoms with Crippen LogP contribution in [0.25, 0.3) is 11.3 Å². The summed E-state index contributed by atoms with van der Waals surface area (Å²) in [5.41, 5.74) is 3.14. The molecule has 0 spiro atoms. The molecule has 1 N–H and O–H groups in total. The molecule has 172 valence electrons. The molecule has 1 aliphatic carbocycles. The minimum atomic E-state index is 0.164. The van der Waals surface area contributed by atoms with Crippen LogP contribution in [0.4, 0.5) is 0 Å². The molecule has 2 aliphatic rings. The molecule has 1 atom stereocenters. The first-order valence-electron chi connectivity index (χ1n) is 12.3. The Bertz CT molecular complexity index is 873. The Morgan fingerprint density at radius 3 is 2.69 bits per heavy atom. The van der Waals surface area contributed by atoms with Gasteiger partial charge in [-0.2, -0.15) is 0 Å². The van der Waals surface area contributed by atoms with Crippen molar-refractivity contribution in [3.05, 3.63) is 42.1 Å². The third-order valence-corrected chi connectivity index (χ3v) is 6.83. The van der Waals surface area contributed by atoms with Crippen molar-refractivity contribution in [1.82, 2.24) is 20.3 Å². The van der Waals surface area contributed by atoms with Crippen molar-refractivity contribution in [2.24, 2.45) is 5.92 Å². The van der Waals surface area contributed by atoms with Crippen molar-refractivity contribution < 1.29 is 9.53 Å². The maximum absolute atomic E-state index is 12.2. The average molecular weight is 437 g/mol. The highest BCUT2D eigenvalue weighted by molar-refractivity contribution is 5.75. The topological polar surface area (TPSA) is 77.0 Å². The predicted octanol–water partition coefficient (Wildman–Crippen LogP) is 5.01. The molecule has 6 nitrogen and oxygen atoms in total. The summed E-state index contributed by atoms with van der Waals surface area (Å²) in [6.07, 6.45) is 12.1. The number of pyridine rings is 1. The minimum absolute atomic E-state index is 0.164. The van der Waals surface area contributed by atoms with E-state index in [-0.39, 0.29) is 12.0 Å². The van der Waals surface area contributed by atoms with Crippen LogP contribution in [0, 0.1) is 5.92 Å². The molecular formula is C26H36N4O2. The predicted molar refractivity (Wildman–Crippen MR) is 125 cm³/mol. The van der Waals surface area contributed by atoms with Crippen LogP contribution in [0.3, 0.4) is 0 Å². The van der Waals surface area contributed by atoms with Gasteiger partial charge in [0.1, 0.15) is 5.82 Å². The van der Waals surface area contributed by atoms with Crippen LogP contribution >= 0.6 is 0 Å². The van der Waals surface area contributed by atoms with Gasteiger partial charge < -0.3 is 10.1 Å². The molecule has 2 aromatic heterocycles. The monoisotopic (exact) mass is 436 g/mol. The zero-order valence-electron chi connectivity index (χ0n) is 19.4. The lowest BCUT2D eigenvalue weighted by Crippen LogP contribution is -2.31. The first-order chi connectivity index (χ1) is 15.6. The number of nitrogens with zero attached hydrogens (tertiary/aromatic N) is 3. The molecule has 1 aliphatic heterocycles. The molecular weight excluding hydrogens is 400 g/mol. The number of aromatic nitrogens is 3. The van der Waals surface area contributed by atoms with E-state index in [0.29, 0.717) is 24.2 Å². The Morgan fingerprint density at radius 1 is 1.16 bits per heavy atom. The molecule has 4 rings (SSSR count). The molecule has 6 heteroatoms. The van der Waals surface area contributed by atoms with Crippen LogP contribution < -0.4 is 5.32 Å².